The normalized spacial score (nSPS) is 15.1. The maximum Gasteiger partial charge on any atom is 0.0543 e. The number of rotatable bonds is 7. The van der Waals surface area contributed by atoms with Crippen molar-refractivity contribution in [3.8, 4) is 0 Å². The van der Waals surface area contributed by atoms with E-state index in [1.165, 1.54) is 11.3 Å². The molecule has 1 aromatic rings. The SMILES string of the molecule is CNC(CCC(C)OC)Cc1cccs1. The predicted molar refractivity (Wildman–Crippen MR) is 66.6 cm³/mol. The molecule has 0 fully saturated rings. The molecule has 1 heterocycles. The minimum Gasteiger partial charge on any atom is -0.382 e. The van der Waals surface area contributed by atoms with Gasteiger partial charge in [-0.3, -0.25) is 0 Å². The third kappa shape index (κ3) is 4.78. The van der Waals surface area contributed by atoms with Crippen LogP contribution in [0.1, 0.15) is 24.6 Å². The highest BCUT2D eigenvalue weighted by Crippen LogP contribution is 2.14. The minimum atomic E-state index is 0.365. The number of methoxy groups -OCH3 is 1. The summed E-state index contributed by atoms with van der Waals surface area (Å²) in [6, 6.07) is 4.89. The van der Waals surface area contributed by atoms with Crippen molar-refractivity contribution in [1.82, 2.24) is 5.32 Å². The molecular weight excluding hydrogens is 206 g/mol. The van der Waals surface area contributed by atoms with Crippen molar-refractivity contribution in [2.75, 3.05) is 14.2 Å². The van der Waals surface area contributed by atoms with E-state index in [1.54, 1.807) is 7.11 Å². The van der Waals surface area contributed by atoms with Crippen molar-refractivity contribution in [3.63, 3.8) is 0 Å². The van der Waals surface area contributed by atoms with Crippen molar-refractivity contribution >= 4 is 11.3 Å². The van der Waals surface area contributed by atoms with Crippen LogP contribution < -0.4 is 5.32 Å². The number of hydrogen-bond acceptors (Lipinski definition) is 3. The second kappa shape index (κ2) is 6.99. The van der Waals surface area contributed by atoms with Gasteiger partial charge in [0.2, 0.25) is 0 Å². The highest BCUT2D eigenvalue weighted by atomic mass is 32.1. The molecule has 0 saturated carbocycles. The van der Waals surface area contributed by atoms with Gasteiger partial charge in [0.15, 0.2) is 0 Å². The van der Waals surface area contributed by atoms with Gasteiger partial charge in [-0.05, 0) is 44.7 Å². The van der Waals surface area contributed by atoms with Crippen LogP contribution in [-0.4, -0.2) is 26.3 Å². The largest absolute Gasteiger partial charge is 0.382 e. The Bertz CT molecular complexity index is 248. The van der Waals surface area contributed by atoms with E-state index in [1.807, 2.05) is 18.4 Å². The van der Waals surface area contributed by atoms with Gasteiger partial charge in [-0.25, -0.2) is 0 Å². The fourth-order valence-corrected chi connectivity index (χ4v) is 2.36. The Balaban J connectivity index is 2.30. The smallest absolute Gasteiger partial charge is 0.0543 e. The molecule has 0 bridgehead atoms. The van der Waals surface area contributed by atoms with Crippen molar-refractivity contribution in [3.05, 3.63) is 22.4 Å². The van der Waals surface area contributed by atoms with Gasteiger partial charge in [0, 0.05) is 18.0 Å². The third-order valence-corrected chi connectivity index (χ3v) is 3.66. The summed E-state index contributed by atoms with van der Waals surface area (Å²) in [5.74, 6) is 0. The van der Waals surface area contributed by atoms with Crippen LogP contribution in [0.3, 0.4) is 0 Å². The Labute approximate surface area is 96.7 Å². The number of nitrogens with one attached hydrogen (secondary N) is 1. The molecule has 0 aliphatic heterocycles. The van der Waals surface area contributed by atoms with Gasteiger partial charge in [-0.15, -0.1) is 11.3 Å². The lowest BCUT2D eigenvalue weighted by molar-refractivity contribution is 0.106. The van der Waals surface area contributed by atoms with E-state index < -0.39 is 0 Å². The molecule has 0 radical (unpaired) electrons. The molecule has 0 saturated heterocycles. The van der Waals surface area contributed by atoms with Gasteiger partial charge in [-0.1, -0.05) is 6.07 Å². The van der Waals surface area contributed by atoms with Crippen molar-refractivity contribution < 1.29 is 4.74 Å². The van der Waals surface area contributed by atoms with E-state index in [-0.39, 0.29) is 0 Å². The first-order valence-electron chi connectivity index (χ1n) is 5.48. The first-order valence-corrected chi connectivity index (χ1v) is 6.36. The van der Waals surface area contributed by atoms with Crippen LogP contribution in [0.25, 0.3) is 0 Å². The predicted octanol–water partition coefficient (Wildman–Crippen LogP) is 2.69. The molecule has 1 N–H and O–H groups in total. The lowest BCUT2D eigenvalue weighted by Crippen LogP contribution is -2.28. The zero-order chi connectivity index (χ0) is 11.1. The van der Waals surface area contributed by atoms with Crippen LogP contribution in [0, 0.1) is 0 Å². The van der Waals surface area contributed by atoms with Crippen LogP contribution in [0.2, 0.25) is 0 Å². The van der Waals surface area contributed by atoms with Crippen LogP contribution in [0.5, 0.6) is 0 Å². The summed E-state index contributed by atoms with van der Waals surface area (Å²) in [5.41, 5.74) is 0. The zero-order valence-electron chi connectivity index (χ0n) is 9.82. The van der Waals surface area contributed by atoms with Gasteiger partial charge < -0.3 is 10.1 Å². The Morgan fingerprint density at radius 2 is 2.27 bits per heavy atom. The molecule has 86 valence electrons. The summed E-state index contributed by atoms with van der Waals surface area (Å²) in [5, 5.41) is 5.51. The molecule has 15 heavy (non-hydrogen) atoms. The monoisotopic (exact) mass is 227 g/mol. The van der Waals surface area contributed by atoms with E-state index in [2.05, 4.69) is 29.8 Å². The molecule has 2 nitrogen and oxygen atoms in total. The van der Waals surface area contributed by atoms with Gasteiger partial charge in [0.1, 0.15) is 0 Å². The second-order valence-electron chi connectivity index (χ2n) is 3.89. The minimum absolute atomic E-state index is 0.365. The summed E-state index contributed by atoms with van der Waals surface area (Å²) in [4.78, 5) is 1.46. The quantitative estimate of drug-likeness (QED) is 0.773. The van der Waals surface area contributed by atoms with Gasteiger partial charge in [0.25, 0.3) is 0 Å². The molecule has 2 atom stereocenters. The zero-order valence-corrected chi connectivity index (χ0v) is 10.6. The average Bonchev–Trinajstić information content (AvgIpc) is 2.76. The topological polar surface area (TPSA) is 21.3 Å². The molecule has 0 spiro atoms. The molecule has 1 rings (SSSR count). The Kier molecular flexibility index (Phi) is 5.91. The molecule has 2 unspecified atom stereocenters. The Morgan fingerprint density at radius 1 is 1.47 bits per heavy atom. The van der Waals surface area contributed by atoms with Crippen LogP contribution in [0.4, 0.5) is 0 Å². The van der Waals surface area contributed by atoms with Gasteiger partial charge in [0.05, 0.1) is 6.10 Å². The summed E-state index contributed by atoms with van der Waals surface area (Å²) >= 11 is 1.84. The standard InChI is InChI=1S/C12H21NOS/c1-10(14-3)6-7-11(13-2)9-12-5-4-8-15-12/h4-5,8,10-11,13H,6-7,9H2,1-3H3. The Morgan fingerprint density at radius 3 is 2.80 bits per heavy atom. The van der Waals surface area contributed by atoms with Crippen LogP contribution in [-0.2, 0) is 11.2 Å². The molecule has 0 aromatic carbocycles. The van der Waals surface area contributed by atoms with Crippen molar-refractivity contribution in [2.45, 2.75) is 38.3 Å². The number of hydrogen-bond donors (Lipinski definition) is 1. The fraction of sp³-hybridized carbons (Fsp3) is 0.667. The van der Waals surface area contributed by atoms with Gasteiger partial charge in [-0.2, -0.15) is 0 Å². The van der Waals surface area contributed by atoms with Crippen molar-refractivity contribution in [1.29, 1.82) is 0 Å². The molecule has 3 heteroatoms. The summed E-state index contributed by atoms with van der Waals surface area (Å²) in [6.45, 7) is 2.12. The van der Waals surface area contributed by atoms with E-state index in [0.717, 1.165) is 12.8 Å². The number of likely N-dealkylation sites (N-methyl/N-ethyl adjacent to an activating group) is 1. The van der Waals surface area contributed by atoms with Gasteiger partial charge >= 0.3 is 0 Å². The molecule has 0 amide bonds. The first-order chi connectivity index (χ1) is 7.26. The lowest BCUT2D eigenvalue weighted by atomic mass is 10.1. The highest BCUT2D eigenvalue weighted by molar-refractivity contribution is 7.09. The maximum atomic E-state index is 5.26. The van der Waals surface area contributed by atoms with E-state index in [9.17, 15) is 0 Å². The number of thiophene rings is 1. The second-order valence-corrected chi connectivity index (χ2v) is 4.93. The average molecular weight is 227 g/mol. The van der Waals surface area contributed by atoms with Crippen LogP contribution >= 0.6 is 11.3 Å². The maximum absolute atomic E-state index is 5.26. The van der Waals surface area contributed by atoms with E-state index >= 15 is 0 Å². The third-order valence-electron chi connectivity index (χ3n) is 2.76. The number of ether oxygens (including phenoxy) is 1. The summed E-state index contributed by atoms with van der Waals surface area (Å²) in [6.07, 6.45) is 3.78. The van der Waals surface area contributed by atoms with Crippen LogP contribution in [0.15, 0.2) is 17.5 Å². The summed E-state index contributed by atoms with van der Waals surface area (Å²) < 4.78 is 5.26. The van der Waals surface area contributed by atoms with E-state index in [4.69, 9.17) is 4.74 Å². The molecule has 1 aromatic heterocycles. The van der Waals surface area contributed by atoms with E-state index in [0.29, 0.717) is 12.1 Å². The summed E-state index contributed by atoms with van der Waals surface area (Å²) in [7, 11) is 3.81. The molecular formula is C12H21NOS. The van der Waals surface area contributed by atoms with Crippen molar-refractivity contribution in [2.24, 2.45) is 0 Å². The Hall–Kier alpha value is -0.380. The molecule has 0 aliphatic rings. The molecule has 0 aliphatic carbocycles. The first kappa shape index (κ1) is 12.7. The lowest BCUT2D eigenvalue weighted by Gasteiger charge is -2.17. The fourth-order valence-electron chi connectivity index (χ4n) is 1.57. The highest BCUT2D eigenvalue weighted by Gasteiger charge is 2.09.